The lowest BCUT2D eigenvalue weighted by molar-refractivity contribution is 0.0723. The van der Waals surface area contributed by atoms with Gasteiger partial charge in [-0.3, -0.25) is 4.79 Å². The lowest BCUT2D eigenvalue weighted by atomic mass is 10.2. The number of hydrogen-bond acceptors (Lipinski definition) is 6. The van der Waals surface area contributed by atoms with Crippen molar-refractivity contribution in [1.82, 2.24) is 14.3 Å². The molecule has 1 saturated heterocycles. The van der Waals surface area contributed by atoms with Crippen LogP contribution in [0.2, 0.25) is 0 Å². The number of nitrogens with zero attached hydrogens (tertiary/aromatic N) is 2. The van der Waals surface area contributed by atoms with Gasteiger partial charge >= 0.3 is 0 Å². The number of fused-ring (bicyclic) bond motifs is 1. The minimum absolute atomic E-state index is 0.0819. The molecule has 1 amide bonds. The third kappa shape index (κ3) is 3.09. The average molecular weight is 376 g/mol. The number of carbonyl (C=O) groups is 1. The van der Waals surface area contributed by atoms with Crippen molar-refractivity contribution in [1.29, 1.82) is 0 Å². The van der Waals surface area contributed by atoms with Crippen molar-refractivity contribution in [3.63, 3.8) is 0 Å². The van der Waals surface area contributed by atoms with Gasteiger partial charge in [-0.2, -0.15) is 4.31 Å². The van der Waals surface area contributed by atoms with Crippen LogP contribution in [-0.2, 0) is 14.8 Å². The second kappa shape index (κ2) is 6.56. The van der Waals surface area contributed by atoms with Gasteiger partial charge in [-0.25, -0.2) is 13.4 Å². The van der Waals surface area contributed by atoms with Crippen LogP contribution >= 0.6 is 0 Å². The van der Waals surface area contributed by atoms with Crippen molar-refractivity contribution < 1.29 is 22.4 Å². The number of amides is 1. The summed E-state index contributed by atoms with van der Waals surface area (Å²) in [4.78, 5) is 19.4. The molecule has 1 aromatic carbocycles. The number of benzene rings is 1. The Balaban J connectivity index is 1.52. The predicted octanol–water partition coefficient (Wildman–Crippen LogP) is 1.43. The van der Waals surface area contributed by atoms with E-state index < -0.39 is 15.9 Å². The van der Waals surface area contributed by atoms with Crippen LogP contribution < -0.4 is 5.32 Å². The summed E-state index contributed by atoms with van der Waals surface area (Å²) >= 11 is 0. The molecule has 3 heterocycles. The fraction of sp³-hybridized carbons (Fsp3) is 0.250. The predicted molar refractivity (Wildman–Crippen MR) is 92.3 cm³/mol. The minimum Gasteiger partial charge on any atom is -0.438 e. The van der Waals surface area contributed by atoms with Crippen LogP contribution in [0.1, 0.15) is 10.6 Å². The molecule has 1 aliphatic rings. The molecule has 0 atom stereocenters. The van der Waals surface area contributed by atoms with Crippen LogP contribution in [0.15, 0.2) is 46.2 Å². The largest absolute Gasteiger partial charge is 0.438 e. The summed E-state index contributed by atoms with van der Waals surface area (Å²) in [5, 5.41) is 2.42. The van der Waals surface area contributed by atoms with Crippen LogP contribution in [0.5, 0.6) is 0 Å². The van der Waals surface area contributed by atoms with Crippen molar-refractivity contribution in [2.45, 2.75) is 5.09 Å². The van der Waals surface area contributed by atoms with Crippen molar-refractivity contribution in [3.05, 3.63) is 42.4 Å². The van der Waals surface area contributed by atoms with Gasteiger partial charge in [-0.15, -0.1) is 0 Å². The zero-order valence-corrected chi connectivity index (χ0v) is 14.5. The molecule has 1 aliphatic heterocycles. The number of imidazole rings is 1. The van der Waals surface area contributed by atoms with E-state index in [1.165, 1.54) is 16.4 Å². The van der Waals surface area contributed by atoms with E-state index in [0.717, 1.165) is 11.0 Å². The number of ether oxygens (including phenoxy) is 1. The molecule has 10 heteroatoms. The average Bonchev–Trinajstić information content (AvgIpc) is 3.32. The number of morpholine rings is 1. The monoisotopic (exact) mass is 376 g/mol. The fourth-order valence-corrected chi connectivity index (χ4v) is 4.02. The maximum Gasteiger partial charge on any atom is 0.291 e. The number of furan rings is 1. The number of H-pyrrole nitrogens is 1. The maximum atomic E-state index is 12.5. The molecule has 0 unspecified atom stereocenters. The Bertz CT molecular complexity index is 1050. The highest BCUT2D eigenvalue weighted by molar-refractivity contribution is 7.89. The van der Waals surface area contributed by atoms with Crippen LogP contribution in [0.25, 0.3) is 11.0 Å². The highest BCUT2D eigenvalue weighted by Crippen LogP contribution is 2.21. The van der Waals surface area contributed by atoms with E-state index >= 15 is 0 Å². The van der Waals surface area contributed by atoms with Gasteiger partial charge in [0.05, 0.1) is 30.6 Å². The summed E-state index contributed by atoms with van der Waals surface area (Å²) in [7, 11) is -3.78. The molecule has 136 valence electrons. The molecular weight excluding hydrogens is 360 g/mol. The third-order valence-corrected chi connectivity index (χ3v) is 5.82. The first kappa shape index (κ1) is 16.8. The van der Waals surface area contributed by atoms with E-state index in [2.05, 4.69) is 15.3 Å². The van der Waals surface area contributed by atoms with Gasteiger partial charge in [0, 0.05) is 18.8 Å². The third-order valence-electron chi connectivity index (χ3n) is 4.05. The quantitative estimate of drug-likeness (QED) is 0.711. The van der Waals surface area contributed by atoms with Crippen molar-refractivity contribution >= 4 is 32.7 Å². The fourth-order valence-electron chi connectivity index (χ4n) is 2.70. The molecule has 1 fully saturated rings. The summed E-state index contributed by atoms with van der Waals surface area (Å²) in [6.07, 6.45) is 1.56. The van der Waals surface area contributed by atoms with Gasteiger partial charge in [0.25, 0.3) is 15.9 Å². The number of carbonyl (C=O) groups excluding carboxylic acids is 1. The highest BCUT2D eigenvalue weighted by Gasteiger charge is 2.30. The maximum absolute atomic E-state index is 12.5. The van der Waals surface area contributed by atoms with Gasteiger partial charge < -0.3 is 19.5 Å². The number of rotatable bonds is 4. The molecule has 2 aromatic heterocycles. The standard InChI is InChI=1S/C16H16N4O5S/c21-16(19-11-1-2-12-13(9-11)18-10-17-12)14-3-4-15(25-14)26(22,23)20-5-7-24-8-6-20/h1-4,9-10H,5-8H2,(H,17,18)(H,19,21). The molecule has 26 heavy (non-hydrogen) atoms. The van der Waals surface area contributed by atoms with E-state index in [1.807, 2.05) is 0 Å². The van der Waals surface area contributed by atoms with Crippen molar-refractivity contribution in [2.75, 3.05) is 31.6 Å². The summed E-state index contributed by atoms with van der Waals surface area (Å²) in [6, 6.07) is 7.83. The number of aromatic nitrogens is 2. The minimum atomic E-state index is -3.78. The Kier molecular flexibility index (Phi) is 4.23. The van der Waals surface area contributed by atoms with E-state index in [9.17, 15) is 13.2 Å². The zero-order valence-electron chi connectivity index (χ0n) is 13.6. The molecule has 2 N–H and O–H groups in total. The first-order valence-corrected chi connectivity index (χ1v) is 9.40. The summed E-state index contributed by atoms with van der Waals surface area (Å²) in [5.74, 6) is -0.617. The van der Waals surface area contributed by atoms with Crippen LogP contribution in [0.3, 0.4) is 0 Å². The first-order chi connectivity index (χ1) is 12.5. The SMILES string of the molecule is O=C(Nc1ccc2nc[nH]c2c1)c1ccc(S(=O)(=O)N2CCOCC2)o1. The van der Waals surface area contributed by atoms with Gasteiger partial charge in [0.15, 0.2) is 5.76 Å². The van der Waals surface area contributed by atoms with Crippen molar-refractivity contribution in [2.24, 2.45) is 0 Å². The van der Waals surface area contributed by atoms with Crippen LogP contribution in [-0.4, -0.2) is 54.9 Å². The smallest absolute Gasteiger partial charge is 0.291 e. The van der Waals surface area contributed by atoms with E-state index in [1.54, 1.807) is 24.5 Å². The zero-order chi connectivity index (χ0) is 18.1. The van der Waals surface area contributed by atoms with Gasteiger partial charge in [0.1, 0.15) is 0 Å². The first-order valence-electron chi connectivity index (χ1n) is 7.96. The molecule has 0 radical (unpaired) electrons. The lowest BCUT2D eigenvalue weighted by Crippen LogP contribution is -2.40. The van der Waals surface area contributed by atoms with E-state index in [-0.39, 0.29) is 23.9 Å². The normalized spacial score (nSPS) is 16.0. The summed E-state index contributed by atoms with van der Waals surface area (Å²) < 4.78 is 36.8. The Hall–Kier alpha value is -2.69. The van der Waals surface area contributed by atoms with E-state index in [4.69, 9.17) is 9.15 Å². The number of hydrogen-bond donors (Lipinski definition) is 2. The lowest BCUT2D eigenvalue weighted by Gasteiger charge is -2.24. The van der Waals surface area contributed by atoms with Crippen LogP contribution in [0.4, 0.5) is 5.69 Å². The summed E-state index contributed by atoms with van der Waals surface area (Å²) in [6.45, 7) is 1.19. The molecular formula is C16H16N4O5S. The number of nitrogens with one attached hydrogen (secondary N) is 2. The van der Waals surface area contributed by atoms with Gasteiger partial charge in [-0.05, 0) is 30.3 Å². The molecule has 0 saturated carbocycles. The Morgan fingerprint density at radius 3 is 2.81 bits per heavy atom. The Labute approximate surface area is 149 Å². The highest BCUT2D eigenvalue weighted by atomic mass is 32.2. The molecule has 9 nitrogen and oxygen atoms in total. The van der Waals surface area contributed by atoms with E-state index in [0.29, 0.717) is 18.9 Å². The second-order valence-corrected chi connectivity index (χ2v) is 7.59. The van der Waals surface area contributed by atoms with Gasteiger partial charge in [-0.1, -0.05) is 0 Å². The molecule has 4 rings (SSSR count). The molecule has 3 aromatic rings. The van der Waals surface area contributed by atoms with Crippen molar-refractivity contribution in [3.8, 4) is 0 Å². The Morgan fingerprint density at radius 2 is 2.00 bits per heavy atom. The molecule has 0 spiro atoms. The number of aromatic amines is 1. The Morgan fingerprint density at radius 1 is 1.19 bits per heavy atom. The number of sulfonamides is 1. The topological polar surface area (TPSA) is 118 Å². The molecule has 0 aliphatic carbocycles. The molecule has 0 bridgehead atoms. The van der Waals surface area contributed by atoms with Crippen LogP contribution in [0, 0.1) is 0 Å². The second-order valence-electron chi connectivity index (χ2n) is 5.72. The number of anilines is 1. The van der Waals surface area contributed by atoms with Gasteiger partial charge in [0.2, 0.25) is 5.09 Å². The summed E-state index contributed by atoms with van der Waals surface area (Å²) in [5.41, 5.74) is 2.10.